The number of amidine groups is 1. The topological polar surface area (TPSA) is 24.4 Å². The molecule has 0 aromatic rings. The number of rotatable bonds is 6. The molecule has 16 heavy (non-hydrogen) atoms. The molecule has 1 heterocycles. The molecule has 0 saturated carbocycles. The van der Waals surface area contributed by atoms with E-state index in [9.17, 15) is 0 Å². The Morgan fingerprint density at radius 3 is 2.81 bits per heavy atom. The monoisotopic (exact) mass is 260 g/mol. The van der Waals surface area contributed by atoms with Crippen LogP contribution in [-0.4, -0.2) is 34.5 Å². The van der Waals surface area contributed by atoms with E-state index in [2.05, 4.69) is 38.0 Å². The number of nitrogens with zero attached hydrogens (tertiary/aromatic N) is 1. The zero-order valence-corrected chi connectivity index (χ0v) is 12.5. The fraction of sp³-hybridized carbons (Fsp3) is 0.917. The minimum Gasteiger partial charge on any atom is -0.362 e. The smallest absolute Gasteiger partial charge is 0.157 e. The highest BCUT2D eigenvalue weighted by Crippen LogP contribution is 2.26. The molecule has 0 saturated heterocycles. The second-order valence-electron chi connectivity index (χ2n) is 4.58. The number of thioether (sulfide) groups is 2. The molecule has 1 aliphatic heterocycles. The van der Waals surface area contributed by atoms with E-state index >= 15 is 0 Å². The van der Waals surface area contributed by atoms with Crippen molar-refractivity contribution in [1.82, 2.24) is 5.32 Å². The van der Waals surface area contributed by atoms with Gasteiger partial charge in [0.1, 0.15) is 0 Å². The third-order valence-corrected chi connectivity index (χ3v) is 5.09. The summed E-state index contributed by atoms with van der Waals surface area (Å²) in [7, 11) is 0. The first-order chi connectivity index (χ1) is 7.63. The summed E-state index contributed by atoms with van der Waals surface area (Å²) in [5, 5.41) is 5.36. The van der Waals surface area contributed by atoms with Crippen molar-refractivity contribution < 1.29 is 0 Å². The molecular formula is C12H24N2S2. The lowest BCUT2D eigenvalue weighted by molar-refractivity contribution is 0.620. The highest BCUT2D eigenvalue weighted by atomic mass is 32.2. The van der Waals surface area contributed by atoms with E-state index in [1.807, 2.05) is 23.5 Å². The quantitative estimate of drug-likeness (QED) is 0.742. The van der Waals surface area contributed by atoms with Gasteiger partial charge in [0.25, 0.3) is 0 Å². The van der Waals surface area contributed by atoms with Gasteiger partial charge in [0.2, 0.25) is 0 Å². The standard InChI is InChI=1S/C12H24N2S2/c1-5-15-7-6-10(4)14-12-13-8-11(16-12)9(2)3/h9-11H,5-8H2,1-4H3,(H,13,14). The van der Waals surface area contributed by atoms with Crippen LogP contribution >= 0.6 is 23.5 Å². The molecule has 0 amide bonds. The van der Waals surface area contributed by atoms with Crippen LogP contribution in [0.1, 0.15) is 34.1 Å². The number of hydrogen-bond acceptors (Lipinski definition) is 4. The molecule has 4 heteroatoms. The third kappa shape index (κ3) is 5.00. The molecular weight excluding hydrogens is 236 g/mol. The maximum atomic E-state index is 4.57. The number of aliphatic imine (C=N–C) groups is 1. The number of nitrogens with one attached hydrogen (secondary N) is 1. The normalized spacial score (nSPS) is 22.3. The fourth-order valence-corrected chi connectivity index (χ4v) is 3.44. The van der Waals surface area contributed by atoms with Gasteiger partial charge in [-0.05, 0) is 30.8 Å². The molecule has 2 nitrogen and oxygen atoms in total. The van der Waals surface area contributed by atoms with Crippen molar-refractivity contribution in [2.75, 3.05) is 18.1 Å². The first kappa shape index (κ1) is 14.2. The lowest BCUT2D eigenvalue weighted by Crippen LogP contribution is -2.30. The Balaban J connectivity index is 2.18. The van der Waals surface area contributed by atoms with E-state index in [1.165, 1.54) is 17.9 Å². The molecule has 0 radical (unpaired) electrons. The van der Waals surface area contributed by atoms with Crippen LogP contribution in [0.4, 0.5) is 0 Å². The van der Waals surface area contributed by atoms with Crippen LogP contribution in [0.5, 0.6) is 0 Å². The minimum absolute atomic E-state index is 0.552. The summed E-state index contributed by atoms with van der Waals surface area (Å²) in [6.45, 7) is 10.0. The van der Waals surface area contributed by atoms with Crippen LogP contribution in [0.2, 0.25) is 0 Å². The fourth-order valence-electron chi connectivity index (χ4n) is 1.50. The lowest BCUT2D eigenvalue weighted by Gasteiger charge is -2.16. The van der Waals surface area contributed by atoms with Crippen LogP contribution in [0.3, 0.4) is 0 Å². The number of hydrogen-bond donors (Lipinski definition) is 1. The SMILES string of the molecule is CCSCCC(C)NC1=NCC(C(C)C)S1. The third-order valence-electron chi connectivity index (χ3n) is 2.69. The van der Waals surface area contributed by atoms with Crippen molar-refractivity contribution in [3.63, 3.8) is 0 Å². The molecule has 0 aromatic heterocycles. The van der Waals surface area contributed by atoms with Crippen LogP contribution in [0.25, 0.3) is 0 Å². The molecule has 0 bridgehead atoms. The van der Waals surface area contributed by atoms with Crippen molar-refractivity contribution >= 4 is 28.7 Å². The summed E-state index contributed by atoms with van der Waals surface area (Å²) in [5.41, 5.74) is 0. The first-order valence-electron chi connectivity index (χ1n) is 6.18. The Hall–Kier alpha value is 0.170. The van der Waals surface area contributed by atoms with Crippen molar-refractivity contribution in [2.24, 2.45) is 10.9 Å². The lowest BCUT2D eigenvalue weighted by atomic mass is 10.1. The Morgan fingerprint density at radius 2 is 2.25 bits per heavy atom. The van der Waals surface area contributed by atoms with Gasteiger partial charge in [-0.2, -0.15) is 11.8 Å². The molecule has 1 N–H and O–H groups in total. The maximum absolute atomic E-state index is 4.57. The summed E-state index contributed by atoms with van der Waals surface area (Å²) in [6, 6.07) is 0.552. The summed E-state index contributed by atoms with van der Waals surface area (Å²) in [5.74, 6) is 3.19. The van der Waals surface area contributed by atoms with E-state index in [0.717, 1.165) is 17.6 Å². The van der Waals surface area contributed by atoms with Crippen LogP contribution in [0, 0.1) is 5.92 Å². The summed E-state index contributed by atoms with van der Waals surface area (Å²) in [6.07, 6.45) is 1.23. The molecule has 1 aliphatic rings. The summed E-state index contributed by atoms with van der Waals surface area (Å²) in [4.78, 5) is 4.57. The van der Waals surface area contributed by atoms with E-state index < -0.39 is 0 Å². The average molecular weight is 260 g/mol. The Labute approximate surface area is 108 Å². The Kier molecular flexibility index (Phi) is 6.66. The van der Waals surface area contributed by atoms with Crippen molar-refractivity contribution in [3.05, 3.63) is 0 Å². The van der Waals surface area contributed by atoms with Gasteiger partial charge in [0.05, 0.1) is 6.54 Å². The molecule has 2 unspecified atom stereocenters. The molecule has 0 aromatic carbocycles. The van der Waals surface area contributed by atoms with Gasteiger partial charge in [0, 0.05) is 11.3 Å². The van der Waals surface area contributed by atoms with Gasteiger partial charge in [0.15, 0.2) is 5.17 Å². The predicted molar refractivity (Wildman–Crippen MR) is 78.7 cm³/mol. The van der Waals surface area contributed by atoms with Gasteiger partial charge in [-0.1, -0.05) is 32.5 Å². The molecule has 0 spiro atoms. The zero-order chi connectivity index (χ0) is 12.0. The van der Waals surface area contributed by atoms with E-state index in [4.69, 9.17) is 0 Å². The molecule has 0 aliphatic carbocycles. The molecule has 0 fully saturated rings. The van der Waals surface area contributed by atoms with Gasteiger partial charge in [-0.15, -0.1) is 0 Å². The van der Waals surface area contributed by atoms with Crippen molar-refractivity contribution in [1.29, 1.82) is 0 Å². The van der Waals surface area contributed by atoms with Crippen LogP contribution in [0.15, 0.2) is 4.99 Å². The minimum atomic E-state index is 0.552. The highest BCUT2D eigenvalue weighted by molar-refractivity contribution is 8.14. The Bertz CT molecular complexity index is 229. The van der Waals surface area contributed by atoms with Gasteiger partial charge in [-0.3, -0.25) is 4.99 Å². The van der Waals surface area contributed by atoms with Crippen molar-refractivity contribution in [3.8, 4) is 0 Å². The second kappa shape index (κ2) is 7.49. The molecule has 94 valence electrons. The Morgan fingerprint density at radius 1 is 1.50 bits per heavy atom. The predicted octanol–water partition coefficient (Wildman–Crippen LogP) is 3.24. The second-order valence-corrected chi connectivity index (χ2v) is 7.20. The zero-order valence-electron chi connectivity index (χ0n) is 10.8. The maximum Gasteiger partial charge on any atom is 0.157 e. The first-order valence-corrected chi connectivity index (χ1v) is 8.22. The van der Waals surface area contributed by atoms with Crippen LogP contribution in [-0.2, 0) is 0 Å². The average Bonchev–Trinajstić information content (AvgIpc) is 2.66. The largest absolute Gasteiger partial charge is 0.362 e. The van der Waals surface area contributed by atoms with Gasteiger partial charge >= 0.3 is 0 Å². The molecule has 2 atom stereocenters. The highest BCUT2D eigenvalue weighted by Gasteiger charge is 2.22. The summed E-state index contributed by atoms with van der Waals surface area (Å²) < 4.78 is 0. The van der Waals surface area contributed by atoms with Crippen LogP contribution < -0.4 is 5.32 Å². The van der Waals surface area contributed by atoms with Gasteiger partial charge in [-0.25, -0.2) is 0 Å². The summed E-state index contributed by atoms with van der Waals surface area (Å²) >= 11 is 3.93. The van der Waals surface area contributed by atoms with Gasteiger partial charge < -0.3 is 5.32 Å². The molecule has 1 rings (SSSR count). The van der Waals surface area contributed by atoms with E-state index in [1.54, 1.807) is 0 Å². The van der Waals surface area contributed by atoms with E-state index in [-0.39, 0.29) is 0 Å². The van der Waals surface area contributed by atoms with E-state index in [0.29, 0.717) is 11.3 Å². The van der Waals surface area contributed by atoms with Crippen molar-refractivity contribution in [2.45, 2.75) is 45.4 Å².